The third-order valence-corrected chi connectivity index (χ3v) is 2.49. The van der Waals surface area contributed by atoms with Crippen LogP contribution in [0.2, 0.25) is 0 Å². The lowest BCUT2D eigenvalue weighted by Crippen LogP contribution is -2.04. The van der Waals surface area contributed by atoms with Gasteiger partial charge in [0, 0.05) is 6.92 Å². The highest BCUT2D eigenvalue weighted by molar-refractivity contribution is 5.92. The molecule has 0 N–H and O–H groups in total. The Kier molecular flexibility index (Phi) is 2.81. The summed E-state index contributed by atoms with van der Waals surface area (Å²) in [5.41, 5.74) is 2.41. The highest BCUT2D eigenvalue weighted by Gasteiger charge is 2.12. The Morgan fingerprint density at radius 2 is 2.00 bits per heavy atom. The molecule has 16 heavy (non-hydrogen) atoms. The molecule has 0 fully saturated rings. The van der Waals surface area contributed by atoms with Crippen LogP contribution >= 0.6 is 0 Å². The van der Waals surface area contributed by atoms with E-state index in [1.54, 1.807) is 4.68 Å². The summed E-state index contributed by atoms with van der Waals surface area (Å²) in [6.07, 6.45) is 0. The molecule has 0 aliphatic carbocycles. The summed E-state index contributed by atoms with van der Waals surface area (Å²) >= 11 is 0. The van der Waals surface area contributed by atoms with Crippen LogP contribution < -0.4 is 0 Å². The van der Waals surface area contributed by atoms with Crippen molar-refractivity contribution < 1.29 is 4.79 Å². The molecule has 1 aromatic heterocycles. The molecule has 2 aromatic rings. The van der Waals surface area contributed by atoms with Crippen molar-refractivity contribution in [2.24, 2.45) is 0 Å². The van der Waals surface area contributed by atoms with E-state index in [9.17, 15) is 4.79 Å². The molecule has 0 saturated heterocycles. The number of nitrogens with zero attached hydrogens (tertiary/aromatic N) is 3. The van der Waals surface area contributed by atoms with Crippen molar-refractivity contribution in [2.75, 3.05) is 0 Å². The summed E-state index contributed by atoms with van der Waals surface area (Å²) in [7, 11) is 0. The van der Waals surface area contributed by atoms with Gasteiger partial charge in [-0.15, -0.1) is 5.10 Å². The number of Topliss-reactive ketones (excluding diaryl/α,β-unsaturated/α-hetero) is 1. The number of ketones is 1. The first-order valence-electron chi connectivity index (χ1n) is 5.13. The maximum Gasteiger partial charge on any atom is 0.181 e. The molecule has 1 aromatic carbocycles. The van der Waals surface area contributed by atoms with E-state index >= 15 is 0 Å². The zero-order chi connectivity index (χ0) is 11.5. The van der Waals surface area contributed by atoms with Crippen molar-refractivity contribution in [2.45, 2.75) is 20.4 Å². The monoisotopic (exact) mass is 215 g/mol. The molecule has 0 aliphatic rings. The number of carbonyl (C=O) groups is 1. The van der Waals surface area contributed by atoms with E-state index in [-0.39, 0.29) is 5.78 Å². The molecule has 4 nitrogen and oxygen atoms in total. The summed E-state index contributed by atoms with van der Waals surface area (Å²) in [6, 6.07) is 9.97. The fourth-order valence-corrected chi connectivity index (χ4v) is 1.59. The number of hydrogen-bond donors (Lipinski definition) is 0. The molecule has 0 aliphatic heterocycles. The molecule has 0 unspecified atom stereocenters. The van der Waals surface area contributed by atoms with E-state index in [2.05, 4.69) is 10.3 Å². The Labute approximate surface area is 93.9 Å². The van der Waals surface area contributed by atoms with Crippen molar-refractivity contribution in [3.63, 3.8) is 0 Å². The first-order valence-corrected chi connectivity index (χ1v) is 5.13. The largest absolute Gasteiger partial charge is 0.293 e. The first kappa shape index (κ1) is 10.5. The minimum absolute atomic E-state index is 0.0446. The zero-order valence-corrected chi connectivity index (χ0v) is 9.34. The molecule has 0 amide bonds. The molecular weight excluding hydrogens is 202 g/mol. The smallest absolute Gasteiger partial charge is 0.181 e. The van der Waals surface area contributed by atoms with E-state index < -0.39 is 0 Å². The molecule has 82 valence electrons. The van der Waals surface area contributed by atoms with Gasteiger partial charge >= 0.3 is 0 Å². The van der Waals surface area contributed by atoms with E-state index in [1.807, 2.05) is 37.3 Å². The van der Waals surface area contributed by atoms with Gasteiger partial charge in [0.2, 0.25) is 0 Å². The Morgan fingerprint density at radius 1 is 1.31 bits per heavy atom. The highest BCUT2D eigenvalue weighted by Crippen LogP contribution is 2.07. The van der Waals surface area contributed by atoms with Gasteiger partial charge in [0.1, 0.15) is 0 Å². The SMILES string of the molecule is CC(=O)c1nnn(Cc2ccccc2)c1C. The molecule has 0 atom stereocenters. The second-order valence-corrected chi connectivity index (χ2v) is 3.72. The molecule has 0 spiro atoms. The van der Waals surface area contributed by atoms with Crippen LogP contribution in [0.3, 0.4) is 0 Å². The highest BCUT2D eigenvalue weighted by atomic mass is 16.1. The predicted molar refractivity (Wildman–Crippen MR) is 60.3 cm³/mol. The van der Waals surface area contributed by atoms with E-state index in [0.29, 0.717) is 12.2 Å². The second kappa shape index (κ2) is 4.26. The molecule has 0 radical (unpaired) electrons. The van der Waals surface area contributed by atoms with Crippen molar-refractivity contribution in [3.8, 4) is 0 Å². The predicted octanol–water partition coefficient (Wildman–Crippen LogP) is 1.84. The molecule has 0 bridgehead atoms. The number of hydrogen-bond acceptors (Lipinski definition) is 3. The van der Waals surface area contributed by atoms with Crippen LogP contribution in [0.1, 0.15) is 28.7 Å². The van der Waals surface area contributed by atoms with Gasteiger partial charge in [0.05, 0.1) is 12.2 Å². The van der Waals surface area contributed by atoms with Crippen LogP contribution in [0, 0.1) is 6.92 Å². The summed E-state index contributed by atoms with van der Waals surface area (Å²) in [5, 5.41) is 7.85. The summed E-state index contributed by atoms with van der Waals surface area (Å²) in [6.45, 7) is 4.01. The van der Waals surface area contributed by atoms with Crippen LogP contribution in [0.4, 0.5) is 0 Å². The third kappa shape index (κ3) is 2.00. The second-order valence-electron chi connectivity index (χ2n) is 3.72. The number of rotatable bonds is 3. The zero-order valence-electron chi connectivity index (χ0n) is 9.34. The topological polar surface area (TPSA) is 47.8 Å². The average Bonchev–Trinajstić information content (AvgIpc) is 2.62. The van der Waals surface area contributed by atoms with Crippen molar-refractivity contribution in [1.29, 1.82) is 0 Å². The fourth-order valence-electron chi connectivity index (χ4n) is 1.59. The lowest BCUT2D eigenvalue weighted by molar-refractivity contribution is 0.101. The van der Waals surface area contributed by atoms with Crippen molar-refractivity contribution >= 4 is 5.78 Å². The number of carbonyl (C=O) groups excluding carboxylic acids is 1. The van der Waals surface area contributed by atoms with Gasteiger partial charge < -0.3 is 0 Å². The molecule has 2 rings (SSSR count). The van der Waals surface area contributed by atoms with Crippen LogP contribution in [0.15, 0.2) is 30.3 Å². The van der Waals surface area contributed by atoms with E-state index in [0.717, 1.165) is 11.3 Å². The van der Waals surface area contributed by atoms with Gasteiger partial charge in [0.15, 0.2) is 11.5 Å². The Hall–Kier alpha value is -1.97. The van der Waals surface area contributed by atoms with Gasteiger partial charge in [-0.1, -0.05) is 35.5 Å². The third-order valence-electron chi connectivity index (χ3n) is 2.49. The Balaban J connectivity index is 2.26. The van der Waals surface area contributed by atoms with Gasteiger partial charge in [0.25, 0.3) is 0 Å². The van der Waals surface area contributed by atoms with Gasteiger partial charge in [-0.2, -0.15) is 0 Å². The quantitative estimate of drug-likeness (QED) is 0.734. The van der Waals surface area contributed by atoms with Crippen LogP contribution in [0.25, 0.3) is 0 Å². The molecule has 0 saturated carbocycles. The molecular formula is C12H13N3O. The van der Waals surface area contributed by atoms with Gasteiger partial charge in [-0.25, -0.2) is 4.68 Å². The minimum atomic E-state index is -0.0446. The van der Waals surface area contributed by atoms with E-state index in [4.69, 9.17) is 0 Å². The lowest BCUT2D eigenvalue weighted by Gasteiger charge is -2.02. The Morgan fingerprint density at radius 3 is 2.56 bits per heavy atom. The van der Waals surface area contributed by atoms with E-state index in [1.165, 1.54) is 6.92 Å². The van der Waals surface area contributed by atoms with Crippen LogP contribution in [-0.2, 0) is 6.54 Å². The number of aromatic nitrogens is 3. The fraction of sp³-hybridized carbons (Fsp3) is 0.250. The number of benzene rings is 1. The van der Waals surface area contributed by atoms with Gasteiger partial charge in [-0.3, -0.25) is 4.79 Å². The van der Waals surface area contributed by atoms with Gasteiger partial charge in [-0.05, 0) is 12.5 Å². The maximum absolute atomic E-state index is 11.2. The average molecular weight is 215 g/mol. The maximum atomic E-state index is 11.2. The summed E-state index contributed by atoms with van der Waals surface area (Å²) in [5.74, 6) is -0.0446. The summed E-state index contributed by atoms with van der Waals surface area (Å²) < 4.78 is 1.74. The standard InChI is InChI=1S/C12H13N3O/c1-9-12(10(2)16)13-14-15(9)8-11-6-4-3-5-7-11/h3-7H,8H2,1-2H3. The first-order chi connectivity index (χ1) is 7.68. The lowest BCUT2D eigenvalue weighted by atomic mass is 10.2. The minimum Gasteiger partial charge on any atom is -0.293 e. The van der Waals surface area contributed by atoms with Crippen molar-refractivity contribution in [1.82, 2.24) is 15.0 Å². The van der Waals surface area contributed by atoms with Crippen molar-refractivity contribution in [3.05, 3.63) is 47.3 Å². The van der Waals surface area contributed by atoms with Crippen LogP contribution in [-0.4, -0.2) is 20.8 Å². The molecule has 4 heteroatoms. The normalized spacial score (nSPS) is 10.4. The molecule has 1 heterocycles. The summed E-state index contributed by atoms with van der Waals surface area (Å²) in [4.78, 5) is 11.2. The van der Waals surface area contributed by atoms with Crippen LogP contribution in [0.5, 0.6) is 0 Å². The Bertz CT molecular complexity index is 502.